The summed E-state index contributed by atoms with van der Waals surface area (Å²) in [5, 5.41) is 2.32. The lowest BCUT2D eigenvalue weighted by Crippen LogP contribution is -2.24. The van der Waals surface area contributed by atoms with Crippen molar-refractivity contribution in [3.8, 4) is 5.75 Å². The quantitative estimate of drug-likeness (QED) is 0.611. The number of anilines is 2. The van der Waals surface area contributed by atoms with E-state index in [0.717, 1.165) is 0 Å². The molecule has 0 fully saturated rings. The van der Waals surface area contributed by atoms with Crippen molar-refractivity contribution < 1.29 is 19.1 Å². The molecule has 0 bridgehead atoms. The zero-order chi connectivity index (χ0) is 15.1. The van der Waals surface area contributed by atoms with Crippen molar-refractivity contribution in [3.05, 3.63) is 18.2 Å². The zero-order valence-electron chi connectivity index (χ0n) is 11.6. The Bertz CT molecular complexity index is 493. The Morgan fingerprint density at radius 2 is 2.10 bits per heavy atom. The lowest BCUT2D eigenvalue weighted by molar-refractivity contribution is -0.137. The summed E-state index contributed by atoms with van der Waals surface area (Å²) in [4.78, 5) is 23.0. The molecule has 1 amide bonds. The predicted molar refractivity (Wildman–Crippen MR) is 80.0 cm³/mol. The molecule has 0 saturated carbocycles. The summed E-state index contributed by atoms with van der Waals surface area (Å²) in [6.45, 7) is 1.71. The molecule has 1 unspecified atom stereocenters. The van der Waals surface area contributed by atoms with Gasteiger partial charge in [-0.3, -0.25) is 9.59 Å². The van der Waals surface area contributed by atoms with Crippen molar-refractivity contribution in [2.24, 2.45) is 0 Å². The van der Waals surface area contributed by atoms with Crippen molar-refractivity contribution in [3.63, 3.8) is 0 Å². The molecule has 1 aromatic carbocycles. The number of rotatable bonds is 6. The number of ether oxygens (including phenoxy) is 2. The van der Waals surface area contributed by atoms with E-state index in [2.05, 4.69) is 10.1 Å². The van der Waals surface area contributed by atoms with Gasteiger partial charge >= 0.3 is 5.97 Å². The molecule has 1 aromatic rings. The second kappa shape index (κ2) is 7.64. The van der Waals surface area contributed by atoms with Crippen LogP contribution >= 0.6 is 11.8 Å². The molecule has 0 aliphatic heterocycles. The van der Waals surface area contributed by atoms with Gasteiger partial charge in [0.05, 0.1) is 36.6 Å². The van der Waals surface area contributed by atoms with Crippen LogP contribution in [0.25, 0.3) is 0 Å². The second-order valence-corrected chi connectivity index (χ2v) is 5.30. The highest BCUT2D eigenvalue weighted by Crippen LogP contribution is 2.25. The predicted octanol–water partition coefficient (Wildman–Crippen LogP) is 1.51. The number of hydrogen-bond donors (Lipinski definition) is 2. The summed E-state index contributed by atoms with van der Waals surface area (Å²) in [5.74, 6) is 0.159. The molecule has 0 radical (unpaired) electrons. The Morgan fingerprint density at radius 3 is 2.65 bits per heavy atom. The SMILES string of the molecule is COC(=O)CSC(C)C(=O)Nc1ccc(OC)cc1N. The average molecular weight is 298 g/mol. The van der Waals surface area contributed by atoms with Gasteiger partial charge in [0, 0.05) is 6.07 Å². The normalized spacial score (nSPS) is 11.6. The number of carbonyl (C=O) groups excluding carboxylic acids is 2. The summed E-state index contributed by atoms with van der Waals surface area (Å²) in [5.41, 5.74) is 6.75. The zero-order valence-corrected chi connectivity index (χ0v) is 12.5. The molecule has 1 rings (SSSR count). The lowest BCUT2D eigenvalue weighted by atomic mass is 10.2. The highest BCUT2D eigenvalue weighted by Gasteiger charge is 2.16. The van der Waals surface area contributed by atoms with Crippen molar-refractivity contribution in [1.29, 1.82) is 0 Å². The number of nitrogen functional groups attached to an aromatic ring is 1. The fourth-order valence-corrected chi connectivity index (χ4v) is 2.06. The molecule has 1 atom stereocenters. The van der Waals surface area contributed by atoms with Gasteiger partial charge in [-0.05, 0) is 19.1 Å². The maximum atomic E-state index is 11.9. The van der Waals surface area contributed by atoms with E-state index in [1.165, 1.54) is 18.9 Å². The Morgan fingerprint density at radius 1 is 1.40 bits per heavy atom. The minimum atomic E-state index is -0.393. The number of nitrogens with one attached hydrogen (secondary N) is 1. The van der Waals surface area contributed by atoms with E-state index in [9.17, 15) is 9.59 Å². The minimum absolute atomic E-state index is 0.128. The molecule has 7 heteroatoms. The van der Waals surface area contributed by atoms with Gasteiger partial charge in [-0.1, -0.05) is 0 Å². The van der Waals surface area contributed by atoms with Crippen LogP contribution in [0, 0.1) is 0 Å². The molecule has 6 nitrogen and oxygen atoms in total. The standard InChI is InChI=1S/C13H18N2O4S/c1-8(20-7-12(16)19-3)13(17)15-11-5-4-9(18-2)6-10(11)14/h4-6,8H,7,14H2,1-3H3,(H,15,17). The average Bonchev–Trinajstić information content (AvgIpc) is 2.46. The molecule has 0 spiro atoms. The smallest absolute Gasteiger partial charge is 0.315 e. The van der Waals surface area contributed by atoms with Crippen LogP contribution in [0.15, 0.2) is 18.2 Å². The van der Waals surface area contributed by atoms with Crippen LogP contribution in [0.5, 0.6) is 5.75 Å². The fraction of sp³-hybridized carbons (Fsp3) is 0.385. The number of methoxy groups -OCH3 is 2. The number of nitrogens with two attached hydrogens (primary N) is 1. The number of amides is 1. The van der Waals surface area contributed by atoms with E-state index in [4.69, 9.17) is 10.5 Å². The van der Waals surface area contributed by atoms with Crippen LogP contribution in [0.4, 0.5) is 11.4 Å². The van der Waals surface area contributed by atoms with Crippen molar-refractivity contribution in [2.45, 2.75) is 12.2 Å². The third-order valence-corrected chi connectivity index (χ3v) is 3.68. The minimum Gasteiger partial charge on any atom is -0.497 e. The Balaban J connectivity index is 2.59. The summed E-state index contributed by atoms with van der Waals surface area (Å²) in [6.07, 6.45) is 0. The van der Waals surface area contributed by atoms with Gasteiger partial charge < -0.3 is 20.5 Å². The molecule has 3 N–H and O–H groups in total. The maximum absolute atomic E-state index is 11.9. The van der Waals surface area contributed by atoms with Crippen molar-refractivity contribution >= 4 is 35.0 Å². The largest absolute Gasteiger partial charge is 0.497 e. The van der Waals surface area contributed by atoms with Crippen LogP contribution in [-0.2, 0) is 14.3 Å². The van der Waals surface area contributed by atoms with Gasteiger partial charge in [0.2, 0.25) is 5.91 Å². The highest BCUT2D eigenvalue weighted by molar-refractivity contribution is 8.01. The van der Waals surface area contributed by atoms with Gasteiger partial charge in [-0.25, -0.2) is 0 Å². The van der Waals surface area contributed by atoms with E-state index in [-0.39, 0.29) is 17.6 Å². The number of esters is 1. The Kier molecular flexibility index (Phi) is 6.17. The molecule has 0 aliphatic carbocycles. The van der Waals surface area contributed by atoms with E-state index in [1.54, 1.807) is 32.2 Å². The first-order valence-corrected chi connectivity index (χ1v) is 6.95. The summed E-state index contributed by atoms with van der Waals surface area (Å²) in [6, 6.07) is 5.00. The first-order chi connectivity index (χ1) is 9.47. The summed E-state index contributed by atoms with van der Waals surface area (Å²) in [7, 11) is 2.85. The van der Waals surface area contributed by atoms with E-state index < -0.39 is 5.25 Å². The Labute approximate surface area is 122 Å². The van der Waals surface area contributed by atoms with Crippen molar-refractivity contribution in [2.75, 3.05) is 31.0 Å². The highest BCUT2D eigenvalue weighted by atomic mass is 32.2. The first kappa shape index (κ1) is 16.2. The van der Waals surface area contributed by atoms with E-state index in [1.807, 2.05) is 0 Å². The summed E-state index contributed by atoms with van der Waals surface area (Å²) >= 11 is 1.20. The van der Waals surface area contributed by atoms with Crippen LogP contribution in [0.2, 0.25) is 0 Å². The molecular weight excluding hydrogens is 280 g/mol. The molecule has 20 heavy (non-hydrogen) atoms. The van der Waals surface area contributed by atoms with E-state index in [0.29, 0.717) is 17.1 Å². The topological polar surface area (TPSA) is 90.7 Å². The molecule has 0 aromatic heterocycles. The fourth-order valence-electron chi connectivity index (χ4n) is 1.34. The monoisotopic (exact) mass is 298 g/mol. The second-order valence-electron chi connectivity index (χ2n) is 3.97. The number of thioether (sulfide) groups is 1. The molecule has 0 saturated heterocycles. The first-order valence-electron chi connectivity index (χ1n) is 5.90. The molecule has 0 aliphatic rings. The number of benzene rings is 1. The van der Waals surface area contributed by atoms with Crippen LogP contribution < -0.4 is 15.8 Å². The van der Waals surface area contributed by atoms with Crippen LogP contribution in [0.1, 0.15) is 6.92 Å². The van der Waals surface area contributed by atoms with Crippen molar-refractivity contribution in [1.82, 2.24) is 0 Å². The lowest BCUT2D eigenvalue weighted by Gasteiger charge is -2.13. The Hall–Kier alpha value is -1.89. The number of carbonyl (C=O) groups is 2. The van der Waals surface area contributed by atoms with Gasteiger partial charge in [0.25, 0.3) is 0 Å². The maximum Gasteiger partial charge on any atom is 0.315 e. The number of hydrogen-bond acceptors (Lipinski definition) is 6. The molecule has 110 valence electrons. The summed E-state index contributed by atoms with van der Waals surface area (Å²) < 4.78 is 9.55. The van der Waals surface area contributed by atoms with Gasteiger partial charge in [-0.15, -0.1) is 11.8 Å². The third-order valence-electron chi connectivity index (χ3n) is 2.56. The van der Waals surface area contributed by atoms with Crippen LogP contribution in [0.3, 0.4) is 0 Å². The van der Waals surface area contributed by atoms with Gasteiger partial charge in [0.15, 0.2) is 0 Å². The van der Waals surface area contributed by atoms with Crippen LogP contribution in [-0.4, -0.2) is 37.1 Å². The molecular formula is C13H18N2O4S. The van der Waals surface area contributed by atoms with E-state index >= 15 is 0 Å². The van der Waals surface area contributed by atoms with Gasteiger partial charge in [-0.2, -0.15) is 0 Å². The molecule has 0 heterocycles. The third kappa shape index (κ3) is 4.65. The van der Waals surface area contributed by atoms with Gasteiger partial charge in [0.1, 0.15) is 5.75 Å².